The molecule has 9 rings (SSSR count). The van der Waals surface area contributed by atoms with E-state index >= 15 is 28.0 Å². The van der Waals surface area contributed by atoms with Crippen LogP contribution in [0, 0.1) is 11.6 Å². The highest BCUT2D eigenvalue weighted by molar-refractivity contribution is 7.98. The topological polar surface area (TPSA) is 506 Å². The molecule has 1 saturated heterocycles. The van der Waals surface area contributed by atoms with Crippen LogP contribution in [0.15, 0.2) is 110 Å². The van der Waals surface area contributed by atoms with Gasteiger partial charge in [0.15, 0.2) is 0 Å². The first-order valence-corrected chi connectivity index (χ1v) is 41.1. The minimum atomic E-state index is -2.08. The fraction of sp³-hybridized carbons (Fsp3) is 0.463. The minimum Gasteiger partial charge on any atom is -0.508 e. The van der Waals surface area contributed by atoms with Gasteiger partial charge in [-0.3, -0.25) is 57.5 Å². The van der Waals surface area contributed by atoms with Gasteiger partial charge in [0.2, 0.25) is 65.0 Å². The van der Waals surface area contributed by atoms with Gasteiger partial charge in [-0.05, 0) is 115 Å². The van der Waals surface area contributed by atoms with Crippen LogP contribution in [0.25, 0.3) is 21.8 Å². The Morgan fingerprint density at radius 3 is 1.80 bits per heavy atom. The lowest BCUT2D eigenvalue weighted by molar-refractivity contribution is -0.147. The van der Waals surface area contributed by atoms with E-state index in [9.17, 15) is 48.6 Å². The standard InChI is InChI=1S/C80H102F2N16O18S2/c1-80-19-5-22-98(80)78(111)66(33-48-9-13-56(99)14-10-48)96-76(109)64(38-55-42-85-47-90-55)94-77(110)65(39-71(103)104)95-75(108)63(35-52-41-88-60-16-12-54(82)37-58(52)60)93-74(107)62(34-51-40-87-59-15-11-53(81)36-57(51)59)92-70(102)43-89-73(106)61(8-2-3-21-86-68(100)17-23-113-25-27-115-29-30-116-28-26-114-24-20-83)91-69(101)18-31-117-44-49-6-4-7-50(32-49)45-118-46-67(72(84)105)97-79(80)112/h4,6-7,9-16,32,36-37,40-42,47,61-67,87-88,99H,2-3,5,8,17-31,33-35,38-39,43-46,83H2,1H3,(H2,84,105)(H,85,90)(H,86,100)(H,89,106)(H,91,101)(H,92,102)(H,93,107)(H,94,110)(H,95,108)(H,96,109)(H,97,112)(H,103,104)/t61-,62-,63-,64+,65-,66-,67-,80-/m0/s1. The van der Waals surface area contributed by atoms with Crippen molar-refractivity contribution in [2.75, 3.05) is 90.5 Å². The minimum absolute atomic E-state index is 0.0000842. The maximum atomic E-state index is 15.3. The van der Waals surface area contributed by atoms with E-state index in [-0.39, 0.29) is 111 Å². The van der Waals surface area contributed by atoms with Crippen LogP contribution in [0.3, 0.4) is 0 Å². The number of unbranched alkanes of at least 4 members (excludes halogenated alkanes) is 1. The lowest BCUT2D eigenvalue weighted by Crippen LogP contribution is -2.63. The van der Waals surface area contributed by atoms with Gasteiger partial charge in [-0.1, -0.05) is 36.4 Å². The maximum Gasteiger partial charge on any atom is 0.305 e. The smallest absolute Gasteiger partial charge is 0.305 e. The Bertz CT molecular complexity index is 4580. The number of nitrogens with one attached hydrogen (secondary N) is 12. The van der Waals surface area contributed by atoms with E-state index < -0.39 is 157 Å². The Kier molecular flexibility index (Phi) is 35.6. The fourth-order valence-corrected chi connectivity index (χ4v) is 15.3. The number of benzene rings is 4. The Hall–Kier alpha value is -11.0. The third kappa shape index (κ3) is 28.4. The number of carbonyl (C=O) groups excluding carboxylic acids is 11. The largest absolute Gasteiger partial charge is 0.508 e. The van der Waals surface area contributed by atoms with Gasteiger partial charge in [-0.2, -0.15) is 23.5 Å². The highest BCUT2D eigenvalue weighted by Gasteiger charge is 2.49. The van der Waals surface area contributed by atoms with Crippen molar-refractivity contribution in [2.24, 2.45) is 11.5 Å². The summed E-state index contributed by atoms with van der Waals surface area (Å²) in [4.78, 5) is 186. The van der Waals surface area contributed by atoms with Crippen LogP contribution in [-0.2, 0) is 114 Å². The van der Waals surface area contributed by atoms with Crippen LogP contribution >= 0.6 is 23.5 Å². The van der Waals surface area contributed by atoms with E-state index in [2.05, 4.69) is 67.8 Å². The third-order valence-electron chi connectivity index (χ3n) is 19.7. The number of aromatic amines is 3. The average molecular weight is 1680 g/mol. The molecule has 636 valence electrons. The van der Waals surface area contributed by atoms with Crippen molar-refractivity contribution < 1.29 is 95.5 Å². The van der Waals surface area contributed by atoms with Gasteiger partial charge in [-0.25, -0.2) is 13.8 Å². The number of thioether (sulfide) groups is 2. The molecule has 5 heterocycles. The van der Waals surface area contributed by atoms with E-state index in [1.807, 2.05) is 24.3 Å². The number of aliphatic carboxylic acids is 1. The SMILES string of the molecule is C[C@@]12CCCN1C(=O)[C@H](Cc1ccc(O)cc1)NC(=O)[C@@H](Cc1cnc[nH]1)NC(=O)[C@H](CC(=O)O)NC(=O)[C@H](Cc1c[nH]c3ccc(F)cc13)NC(=O)[C@H](Cc1c[nH]c3ccc(F)cc13)NC(=O)CNC(=O)[C@H](CCCCNC(=O)CCOCCOCCOCCOCCN)NC(=O)CCSCc1cccc(c1)CSC[C@@H](C(N)=O)NC2=O. The number of imidazole rings is 1. The average Bonchev–Trinajstić information content (AvgIpc) is 1.60. The quantitative estimate of drug-likeness (QED) is 0.0285. The van der Waals surface area contributed by atoms with Gasteiger partial charge >= 0.3 is 5.97 Å². The Morgan fingerprint density at radius 1 is 0.627 bits per heavy atom. The molecule has 118 heavy (non-hydrogen) atoms. The van der Waals surface area contributed by atoms with E-state index in [1.165, 1.54) is 115 Å². The second kappa shape index (κ2) is 46.2. The molecule has 2 bridgehead atoms. The molecule has 0 unspecified atom stereocenters. The molecule has 0 radical (unpaired) electrons. The van der Waals surface area contributed by atoms with Crippen LogP contribution in [0.1, 0.15) is 91.8 Å². The number of hydrogen-bond acceptors (Lipinski definition) is 21. The number of carbonyl (C=O) groups is 12. The zero-order chi connectivity index (χ0) is 84.5. The van der Waals surface area contributed by atoms with Crippen molar-refractivity contribution in [2.45, 2.75) is 143 Å². The third-order valence-corrected chi connectivity index (χ3v) is 21.8. The maximum absolute atomic E-state index is 15.3. The number of H-pyrrole nitrogens is 3. The first-order chi connectivity index (χ1) is 56.8. The van der Waals surface area contributed by atoms with Crippen molar-refractivity contribution in [3.8, 4) is 5.75 Å². The van der Waals surface area contributed by atoms with Crippen LogP contribution in [0.5, 0.6) is 5.75 Å². The predicted octanol–water partition coefficient (Wildman–Crippen LogP) is 1.75. The number of hydrogen-bond donors (Lipinski definition) is 16. The zero-order valence-electron chi connectivity index (χ0n) is 65.3. The summed E-state index contributed by atoms with van der Waals surface area (Å²) in [6.07, 6.45) is 3.83. The van der Waals surface area contributed by atoms with Crippen LogP contribution in [0.2, 0.25) is 0 Å². The Morgan fingerprint density at radius 2 is 1.19 bits per heavy atom. The number of carboxylic acids is 1. The van der Waals surface area contributed by atoms with Crippen molar-refractivity contribution in [3.63, 3.8) is 0 Å². The highest BCUT2D eigenvalue weighted by Crippen LogP contribution is 2.32. The number of primary amides is 1. The Balaban J connectivity index is 0.986. The summed E-state index contributed by atoms with van der Waals surface area (Å²) in [5.74, 6) is -11.5. The molecule has 0 aliphatic carbocycles. The van der Waals surface area contributed by atoms with Crippen LogP contribution < -0.4 is 59.3 Å². The monoisotopic (exact) mass is 1680 g/mol. The molecule has 8 atom stereocenters. The summed E-state index contributed by atoms with van der Waals surface area (Å²) < 4.78 is 51.8. The number of phenolic OH excluding ortho intramolecular Hbond substituents is 1. The number of aromatic hydroxyl groups is 1. The molecule has 3 aromatic heterocycles. The van der Waals surface area contributed by atoms with Crippen LogP contribution in [-0.4, -0.2) is 244 Å². The molecule has 1 fully saturated rings. The number of phenols is 1. The van der Waals surface area contributed by atoms with Gasteiger partial charge in [0, 0.05) is 127 Å². The molecular formula is C80H102F2N16O18S2. The molecule has 0 saturated carbocycles. The van der Waals surface area contributed by atoms with Gasteiger partial charge < -0.3 is 108 Å². The van der Waals surface area contributed by atoms with Crippen molar-refractivity contribution >= 4 is 116 Å². The second-order valence-corrected chi connectivity index (χ2v) is 30.8. The molecule has 2 aliphatic rings. The number of fused-ring (bicyclic) bond motifs is 5. The summed E-state index contributed by atoms with van der Waals surface area (Å²) >= 11 is 2.74. The number of halogens is 2. The molecule has 0 spiro atoms. The number of nitrogens with zero attached hydrogens (tertiary/aromatic N) is 2. The van der Waals surface area contributed by atoms with Crippen molar-refractivity contribution in [1.82, 2.24) is 72.7 Å². The number of aromatic nitrogens is 4. The highest BCUT2D eigenvalue weighted by atomic mass is 32.2. The first-order valence-electron chi connectivity index (χ1n) is 38.8. The summed E-state index contributed by atoms with van der Waals surface area (Å²) in [6.45, 7) is 3.97. The van der Waals surface area contributed by atoms with E-state index in [0.717, 1.165) is 17.2 Å². The number of ether oxygens (including phenoxy) is 4. The first kappa shape index (κ1) is 90.9. The molecule has 34 nitrogen and oxygen atoms in total. The van der Waals surface area contributed by atoms with Gasteiger partial charge in [-0.15, -0.1) is 0 Å². The van der Waals surface area contributed by atoms with E-state index in [0.29, 0.717) is 91.7 Å². The predicted molar refractivity (Wildman–Crippen MR) is 433 cm³/mol. The molecule has 2 aliphatic heterocycles. The molecule has 4 aromatic carbocycles. The number of amides is 11. The number of rotatable bonds is 30. The second-order valence-electron chi connectivity index (χ2n) is 28.6. The lowest BCUT2D eigenvalue weighted by Gasteiger charge is -2.37. The summed E-state index contributed by atoms with van der Waals surface area (Å²) in [7, 11) is 0. The van der Waals surface area contributed by atoms with Crippen molar-refractivity contribution in [1.29, 1.82) is 0 Å². The number of nitrogens with two attached hydrogens (primary N) is 2. The van der Waals surface area contributed by atoms with Crippen molar-refractivity contribution in [3.05, 3.63) is 155 Å². The fourth-order valence-electron chi connectivity index (χ4n) is 13.4. The molecular weight excluding hydrogens is 1580 g/mol. The Labute approximate surface area is 687 Å². The molecule has 7 aromatic rings. The normalized spacial score (nSPS) is 21.1. The zero-order valence-corrected chi connectivity index (χ0v) is 66.9. The van der Waals surface area contributed by atoms with Gasteiger partial charge in [0.1, 0.15) is 65.2 Å². The lowest BCUT2D eigenvalue weighted by atomic mass is 9.95. The molecule has 11 amide bonds. The molecule has 18 N–H and O–H groups in total. The van der Waals surface area contributed by atoms with E-state index in [1.54, 1.807) is 0 Å². The summed E-state index contributed by atoms with van der Waals surface area (Å²) in [6, 6.07) is 9.53. The van der Waals surface area contributed by atoms with Gasteiger partial charge in [0.05, 0.1) is 72.1 Å². The van der Waals surface area contributed by atoms with Crippen LogP contribution in [0.4, 0.5) is 8.78 Å². The van der Waals surface area contributed by atoms with E-state index in [4.69, 9.17) is 30.4 Å². The van der Waals surface area contributed by atoms with Gasteiger partial charge in [0.25, 0.3) is 0 Å². The number of carboxylic acid groups (broad SMARTS) is 1. The summed E-state index contributed by atoms with van der Waals surface area (Å²) in [5.41, 5.74) is 13.4. The summed E-state index contributed by atoms with van der Waals surface area (Å²) in [5, 5.41) is 45.1. The molecule has 38 heteroatoms.